The summed E-state index contributed by atoms with van der Waals surface area (Å²) in [6, 6.07) is 1.03. The van der Waals surface area contributed by atoms with Crippen LogP contribution < -0.4 is 10.6 Å². The molecular weight excluding hydrogens is 484 g/mol. The number of pyridine rings is 1. The van der Waals surface area contributed by atoms with Crippen molar-refractivity contribution in [2.75, 3.05) is 37.6 Å². The van der Waals surface area contributed by atoms with Crippen LogP contribution in [-0.2, 0) is 4.74 Å². The summed E-state index contributed by atoms with van der Waals surface area (Å²) in [5.41, 5.74) is 3.28. The van der Waals surface area contributed by atoms with Crippen LogP contribution in [0.3, 0.4) is 0 Å². The Morgan fingerprint density at radius 2 is 1.97 bits per heavy atom. The number of nitrogens with zero attached hydrogens (tertiary/aromatic N) is 4. The van der Waals surface area contributed by atoms with Crippen molar-refractivity contribution in [2.45, 2.75) is 56.4 Å². The molecule has 36 heavy (non-hydrogen) atoms. The normalized spacial score (nSPS) is 24.8. The molecular formula is C24H32N6O5S. The van der Waals surface area contributed by atoms with Gasteiger partial charge in [0.15, 0.2) is 0 Å². The van der Waals surface area contributed by atoms with E-state index >= 15 is 0 Å². The zero-order valence-corrected chi connectivity index (χ0v) is 21.1. The Hall–Kier alpha value is -2.48. The minimum absolute atomic E-state index is 0.165. The third-order valence-electron chi connectivity index (χ3n) is 6.88. The van der Waals surface area contributed by atoms with Crippen LogP contribution in [0, 0.1) is 12.8 Å². The number of fused-ring (bicyclic) bond motifs is 1. The molecule has 11 nitrogen and oxygen atoms in total. The van der Waals surface area contributed by atoms with Gasteiger partial charge >= 0.3 is 0 Å². The van der Waals surface area contributed by atoms with Crippen LogP contribution in [0.4, 0.5) is 11.8 Å². The van der Waals surface area contributed by atoms with Gasteiger partial charge in [0.2, 0.25) is 5.95 Å². The highest BCUT2D eigenvalue weighted by atomic mass is 32.1. The molecule has 12 heteroatoms. The number of nitrogens with one attached hydrogen (secondary N) is 2. The van der Waals surface area contributed by atoms with Gasteiger partial charge in [-0.25, -0.2) is 9.97 Å². The number of hydrogen-bond donors (Lipinski definition) is 6. The Labute approximate surface area is 212 Å². The number of methoxy groups -OCH3 is 1. The Kier molecular flexibility index (Phi) is 7.33. The molecule has 0 amide bonds. The summed E-state index contributed by atoms with van der Waals surface area (Å²) in [6.07, 6.45) is 2.34. The maximum Gasteiger partial charge on any atom is 0.225 e. The summed E-state index contributed by atoms with van der Waals surface area (Å²) in [5, 5.41) is 47.4. The second kappa shape index (κ2) is 10.5. The maximum atomic E-state index is 10.6. The number of hydrogen-bond acceptors (Lipinski definition) is 12. The highest BCUT2D eigenvalue weighted by Gasteiger charge is 2.41. The van der Waals surface area contributed by atoms with Crippen LogP contribution in [0.25, 0.3) is 20.8 Å². The van der Waals surface area contributed by atoms with Gasteiger partial charge < -0.3 is 35.8 Å². The number of rotatable bonds is 10. The van der Waals surface area contributed by atoms with Crippen LogP contribution in [0.2, 0.25) is 0 Å². The van der Waals surface area contributed by atoms with E-state index in [9.17, 15) is 20.4 Å². The highest BCUT2D eigenvalue weighted by Crippen LogP contribution is 2.44. The number of aliphatic hydroxyl groups is 4. The van der Waals surface area contributed by atoms with Crippen molar-refractivity contribution in [3.05, 3.63) is 23.7 Å². The predicted octanol–water partition coefficient (Wildman–Crippen LogP) is 1.27. The Balaban J connectivity index is 1.56. The zero-order valence-electron chi connectivity index (χ0n) is 20.3. The van der Waals surface area contributed by atoms with Crippen molar-refractivity contribution in [1.29, 1.82) is 0 Å². The molecule has 5 atom stereocenters. The fourth-order valence-corrected chi connectivity index (χ4v) is 5.85. The molecule has 0 spiro atoms. The van der Waals surface area contributed by atoms with Gasteiger partial charge in [-0.2, -0.15) is 4.98 Å². The number of aryl methyl sites for hydroxylation is 1. The average Bonchev–Trinajstić information content (AvgIpc) is 3.56. The first kappa shape index (κ1) is 25.2. The van der Waals surface area contributed by atoms with E-state index in [0.717, 1.165) is 33.8 Å². The van der Waals surface area contributed by atoms with Crippen LogP contribution in [0.5, 0.6) is 0 Å². The second-order valence-corrected chi connectivity index (χ2v) is 10.6. The van der Waals surface area contributed by atoms with Gasteiger partial charge in [-0.3, -0.25) is 4.98 Å². The quantitative estimate of drug-likeness (QED) is 0.230. The third kappa shape index (κ3) is 4.89. The Morgan fingerprint density at radius 3 is 2.64 bits per heavy atom. The first-order valence-corrected chi connectivity index (χ1v) is 13.0. The summed E-state index contributed by atoms with van der Waals surface area (Å²) < 4.78 is 6.19. The van der Waals surface area contributed by atoms with E-state index in [1.807, 2.05) is 19.2 Å². The molecule has 0 bridgehead atoms. The number of anilines is 2. The van der Waals surface area contributed by atoms with E-state index in [0.29, 0.717) is 35.4 Å². The van der Waals surface area contributed by atoms with Crippen molar-refractivity contribution in [1.82, 2.24) is 19.9 Å². The molecule has 3 aromatic heterocycles. The lowest BCUT2D eigenvalue weighted by Gasteiger charge is -2.22. The molecule has 2 fully saturated rings. The molecule has 0 aromatic carbocycles. The number of aliphatic hydroxyl groups excluding tert-OH is 4. The molecule has 2 aliphatic rings. The van der Waals surface area contributed by atoms with Gasteiger partial charge in [0.25, 0.3) is 0 Å². The van der Waals surface area contributed by atoms with Crippen molar-refractivity contribution in [3.63, 3.8) is 0 Å². The molecule has 2 saturated carbocycles. The lowest BCUT2D eigenvalue weighted by molar-refractivity contribution is 0.00446. The summed E-state index contributed by atoms with van der Waals surface area (Å²) in [5.74, 6) is 0.764. The third-order valence-corrected chi connectivity index (χ3v) is 7.92. The SMILES string of the molecule is COCC(CO)Nc1nc(C)c(-c2nc3c(C4CC4)nccc3s2)c(NC2C[C@H](CO)[C@@H](O)[C@H]2O)n1. The van der Waals surface area contributed by atoms with Crippen LogP contribution >= 0.6 is 11.3 Å². The van der Waals surface area contributed by atoms with Gasteiger partial charge in [-0.05, 0) is 32.3 Å². The smallest absolute Gasteiger partial charge is 0.225 e. The zero-order chi connectivity index (χ0) is 25.4. The lowest BCUT2D eigenvalue weighted by atomic mass is 10.1. The van der Waals surface area contributed by atoms with Gasteiger partial charge in [0.1, 0.15) is 22.4 Å². The van der Waals surface area contributed by atoms with Crippen molar-refractivity contribution in [3.8, 4) is 10.6 Å². The molecule has 5 rings (SSSR count). The standard InChI is InChI=1S/C24H32N6O5S/c1-11-17(23-29-19-16(36-23)5-6-25-18(19)12-3-4-12)22(28-15-7-13(8-31)20(33)21(15)34)30-24(26-11)27-14(9-32)10-35-2/h5-6,12-15,20-21,31-34H,3-4,7-10H2,1-2H3,(H2,26,27,28,30)/t13-,14?,15?,20-,21+/m1/s1. The molecule has 3 heterocycles. The minimum atomic E-state index is -1.07. The lowest BCUT2D eigenvalue weighted by Crippen LogP contribution is -2.36. The van der Waals surface area contributed by atoms with Crippen LogP contribution in [-0.4, -0.2) is 91.6 Å². The van der Waals surface area contributed by atoms with Gasteiger partial charge in [0.05, 0.1) is 53.1 Å². The first-order valence-electron chi connectivity index (χ1n) is 12.2. The van der Waals surface area contributed by atoms with Crippen molar-refractivity contribution >= 4 is 33.3 Å². The fraction of sp³-hybridized carbons (Fsp3) is 0.583. The second-order valence-electron chi connectivity index (χ2n) is 9.58. The average molecular weight is 517 g/mol. The molecule has 194 valence electrons. The molecule has 0 saturated heterocycles. The van der Waals surface area contributed by atoms with Gasteiger partial charge in [0, 0.05) is 31.7 Å². The van der Waals surface area contributed by atoms with Gasteiger partial charge in [-0.15, -0.1) is 11.3 Å². The highest BCUT2D eigenvalue weighted by molar-refractivity contribution is 7.21. The number of aromatic nitrogens is 4. The largest absolute Gasteiger partial charge is 0.396 e. The summed E-state index contributed by atoms with van der Waals surface area (Å²) in [6.45, 7) is 1.74. The molecule has 0 radical (unpaired) electrons. The Bertz CT molecular complexity index is 1220. The minimum Gasteiger partial charge on any atom is -0.396 e. The van der Waals surface area contributed by atoms with Crippen molar-refractivity contribution in [2.24, 2.45) is 5.92 Å². The number of thiazole rings is 1. The van der Waals surface area contributed by atoms with E-state index in [-0.39, 0.29) is 19.8 Å². The number of ether oxygens (including phenoxy) is 1. The maximum absolute atomic E-state index is 10.6. The molecule has 2 unspecified atom stereocenters. The summed E-state index contributed by atoms with van der Waals surface area (Å²) in [7, 11) is 1.55. The van der Waals surface area contributed by atoms with Crippen LogP contribution in [0.1, 0.15) is 36.6 Å². The first-order chi connectivity index (χ1) is 17.4. The molecule has 6 N–H and O–H groups in total. The molecule has 3 aromatic rings. The van der Waals surface area contributed by atoms with E-state index in [1.54, 1.807) is 7.11 Å². The molecule has 2 aliphatic carbocycles. The summed E-state index contributed by atoms with van der Waals surface area (Å²) in [4.78, 5) is 18.8. The predicted molar refractivity (Wildman–Crippen MR) is 136 cm³/mol. The van der Waals surface area contributed by atoms with E-state index < -0.39 is 30.2 Å². The monoisotopic (exact) mass is 516 g/mol. The van der Waals surface area contributed by atoms with E-state index in [2.05, 4.69) is 25.6 Å². The molecule has 0 aliphatic heterocycles. The summed E-state index contributed by atoms with van der Waals surface area (Å²) >= 11 is 1.53. The Morgan fingerprint density at radius 1 is 1.17 bits per heavy atom. The van der Waals surface area contributed by atoms with E-state index in [4.69, 9.17) is 9.72 Å². The topological polar surface area (TPSA) is 166 Å². The van der Waals surface area contributed by atoms with E-state index in [1.165, 1.54) is 11.3 Å². The van der Waals surface area contributed by atoms with Gasteiger partial charge in [-0.1, -0.05) is 0 Å². The van der Waals surface area contributed by atoms with Crippen molar-refractivity contribution < 1.29 is 25.2 Å². The fourth-order valence-electron chi connectivity index (χ4n) is 4.78. The van der Waals surface area contributed by atoms with Crippen LogP contribution in [0.15, 0.2) is 12.3 Å².